The van der Waals surface area contributed by atoms with Gasteiger partial charge in [0.05, 0.1) is 11.9 Å². The fraction of sp³-hybridized carbons (Fsp3) is 0.0909. The Labute approximate surface area is 102 Å². The van der Waals surface area contributed by atoms with E-state index >= 15 is 0 Å². The van der Waals surface area contributed by atoms with Gasteiger partial charge in [0.25, 0.3) is 0 Å². The SMILES string of the molecule is Cn1cc(Nc2ncc3ccc(=O)[nH]c3n2)cn1. The molecule has 3 heterocycles. The third-order valence-corrected chi connectivity index (χ3v) is 2.43. The highest BCUT2D eigenvalue weighted by Gasteiger charge is 2.02. The average molecular weight is 242 g/mol. The minimum absolute atomic E-state index is 0.187. The predicted octanol–water partition coefficient (Wildman–Crippen LogP) is 0.795. The second kappa shape index (κ2) is 3.95. The van der Waals surface area contributed by atoms with Gasteiger partial charge >= 0.3 is 0 Å². The number of aryl methyl sites for hydroxylation is 1. The number of aromatic amines is 1. The second-order valence-corrected chi connectivity index (χ2v) is 3.85. The topological polar surface area (TPSA) is 88.5 Å². The molecule has 0 radical (unpaired) electrons. The maximum Gasteiger partial charge on any atom is 0.249 e. The van der Waals surface area contributed by atoms with Gasteiger partial charge in [-0.2, -0.15) is 10.1 Å². The molecule has 0 spiro atoms. The first-order chi connectivity index (χ1) is 8.70. The molecule has 18 heavy (non-hydrogen) atoms. The molecule has 0 bridgehead atoms. The van der Waals surface area contributed by atoms with E-state index in [2.05, 4.69) is 25.4 Å². The van der Waals surface area contributed by atoms with Crippen LogP contribution in [0.25, 0.3) is 11.0 Å². The molecular weight excluding hydrogens is 232 g/mol. The summed E-state index contributed by atoms with van der Waals surface area (Å²) >= 11 is 0. The zero-order valence-corrected chi connectivity index (χ0v) is 9.58. The van der Waals surface area contributed by atoms with Gasteiger partial charge in [0.2, 0.25) is 11.5 Å². The summed E-state index contributed by atoms with van der Waals surface area (Å²) in [5, 5.41) is 7.82. The Morgan fingerprint density at radius 3 is 3.00 bits per heavy atom. The van der Waals surface area contributed by atoms with Crippen LogP contribution in [0, 0.1) is 0 Å². The highest BCUT2D eigenvalue weighted by atomic mass is 16.1. The second-order valence-electron chi connectivity index (χ2n) is 3.85. The Kier molecular flexibility index (Phi) is 2.30. The summed E-state index contributed by atoms with van der Waals surface area (Å²) in [5.74, 6) is 0.414. The zero-order chi connectivity index (χ0) is 12.5. The van der Waals surface area contributed by atoms with E-state index in [1.807, 2.05) is 7.05 Å². The van der Waals surface area contributed by atoms with E-state index in [1.165, 1.54) is 6.07 Å². The van der Waals surface area contributed by atoms with Crippen LogP contribution in [-0.2, 0) is 7.05 Å². The Balaban J connectivity index is 2.00. The molecule has 3 rings (SSSR count). The first-order valence-electron chi connectivity index (χ1n) is 5.32. The molecule has 3 aromatic heterocycles. The van der Waals surface area contributed by atoms with E-state index in [4.69, 9.17) is 0 Å². The van der Waals surface area contributed by atoms with E-state index in [1.54, 1.807) is 29.3 Å². The molecule has 0 aliphatic heterocycles. The molecule has 7 nitrogen and oxygen atoms in total. The molecule has 0 aliphatic carbocycles. The Bertz CT molecular complexity index is 759. The van der Waals surface area contributed by atoms with E-state index in [-0.39, 0.29) is 5.56 Å². The van der Waals surface area contributed by atoms with Crippen molar-refractivity contribution in [3.05, 3.63) is 41.1 Å². The van der Waals surface area contributed by atoms with Gasteiger partial charge in [0.1, 0.15) is 5.65 Å². The quantitative estimate of drug-likeness (QED) is 0.693. The lowest BCUT2D eigenvalue weighted by Crippen LogP contribution is -2.05. The van der Waals surface area contributed by atoms with Gasteiger partial charge in [-0.25, -0.2) is 4.98 Å². The van der Waals surface area contributed by atoms with Crippen LogP contribution in [0.1, 0.15) is 0 Å². The number of hydrogen-bond donors (Lipinski definition) is 2. The minimum atomic E-state index is -0.187. The minimum Gasteiger partial charge on any atom is -0.321 e. The summed E-state index contributed by atoms with van der Waals surface area (Å²) in [6, 6.07) is 3.13. The maximum atomic E-state index is 11.2. The zero-order valence-electron chi connectivity index (χ0n) is 9.58. The van der Waals surface area contributed by atoms with Crippen molar-refractivity contribution in [2.24, 2.45) is 7.05 Å². The van der Waals surface area contributed by atoms with Crippen LogP contribution in [-0.4, -0.2) is 24.7 Å². The van der Waals surface area contributed by atoms with Crippen molar-refractivity contribution in [1.29, 1.82) is 0 Å². The van der Waals surface area contributed by atoms with Crippen molar-refractivity contribution in [2.45, 2.75) is 0 Å². The van der Waals surface area contributed by atoms with Gasteiger partial charge in [-0.15, -0.1) is 0 Å². The summed E-state index contributed by atoms with van der Waals surface area (Å²) in [6.45, 7) is 0. The third kappa shape index (κ3) is 1.93. The average Bonchev–Trinajstić information content (AvgIpc) is 2.74. The van der Waals surface area contributed by atoms with Crippen LogP contribution in [0.5, 0.6) is 0 Å². The molecule has 90 valence electrons. The van der Waals surface area contributed by atoms with Crippen LogP contribution >= 0.6 is 0 Å². The summed E-state index contributed by atoms with van der Waals surface area (Å²) in [6.07, 6.45) is 5.12. The summed E-state index contributed by atoms with van der Waals surface area (Å²) in [7, 11) is 1.82. The van der Waals surface area contributed by atoms with E-state index in [0.717, 1.165) is 11.1 Å². The number of rotatable bonds is 2. The maximum absolute atomic E-state index is 11.2. The molecule has 0 saturated heterocycles. The molecular formula is C11H10N6O. The largest absolute Gasteiger partial charge is 0.321 e. The summed E-state index contributed by atoms with van der Waals surface area (Å²) < 4.78 is 1.67. The monoisotopic (exact) mass is 242 g/mol. The Morgan fingerprint density at radius 1 is 1.33 bits per heavy atom. The number of fused-ring (bicyclic) bond motifs is 1. The van der Waals surface area contributed by atoms with Gasteiger partial charge in [-0.05, 0) is 6.07 Å². The summed E-state index contributed by atoms with van der Waals surface area (Å²) in [5.41, 5.74) is 1.10. The van der Waals surface area contributed by atoms with Crippen molar-refractivity contribution in [1.82, 2.24) is 24.7 Å². The van der Waals surface area contributed by atoms with Crippen LogP contribution in [0.2, 0.25) is 0 Å². The van der Waals surface area contributed by atoms with Gasteiger partial charge in [-0.3, -0.25) is 9.48 Å². The molecule has 0 amide bonds. The highest BCUT2D eigenvalue weighted by molar-refractivity contribution is 5.74. The van der Waals surface area contributed by atoms with Gasteiger partial charge in [0, 0.05) is 30.9 Å². The van der Waals surface area contributed by atoms with Crippen molar-refractivity contribution in [3.63, 3.8) is 0 Å². The van der Waals surface area contributed by atoms with Gasteiger partial charge < -0.3 is 10.3 Å². The number of anilines is 2. The normalized spacial score (nSPS) is 10.7. The lowest BCUT2D eigenvalue weighted by molar-refractivity contribution is 0.768. The Morgan fingerprint density at radius 2 is 2.22 bits per heavy atom. The van der Waals surface area contributed by atoms with Gasteiger partial charge in [-0.1, -0.05) is 0 Å². The Hall–Kier alpha value is -2.70. The predicted molar refractivity (Wildman–Crippen MR) is 66.6 cm³/mol. The fourth-order valence-electron chi connectivity index (χ4n) is 1.61. The first-order valence-corrected chi connectivity index (χ1v) is 5.32. The first kappa shape index (κ1) is 10.5. The number of hydrogen-bond acceptors (Lipinski definition) is 5. The lowest BCUT2D eigenvalue weighted by Gasteiger charge is -2.02. The van der Waals surface area contributed by atoms with Crippen LogP contribution in [0.3, 0.4) is 0 Å². The molecule has 0 aliphatic rings. The van der Waals surface area contributed by atoms with Crippen LogP contribution in [0.4, 0.5) is 11.6 Å². The van der Waals surface area contributed by atoms with E-state index in [0.29, 0.717) is 11.6 Å². The van der Waals surface area contributed by atoms with E-state index < -0.39 is 0 Å². The smallest absolute Gasteiger partial charge is 0.249 e. The molecule has 0 saturated carbocycles. The molecule has 0 fully saturated rings. The van der Waals surface area contributed by atoms with Crippen molar-refractivity contribution < 1.29 is 0 Å². The third-order valence-electron chi connectivity index (χ3n) is 2.43. The molecule has 0 atom stereocenters. The van der Waals surface area contributed by atoms with Crippen molar-refractivity contribution in [3.8, 4) is 0 Å². The van der Waals surface area contributed by atoms with Gasteiger partial charge in [0.15, 0.2) is 0 Å². The standard InChI is InChI=1S/C11H10N6O/c1-17-6-8(5-13-17)14-11-12-4-7-2-3-9(18)15-10(7)16-11/h2-6H,1H3,(H2,12,14,15,16,18). The van der Waals surface area contributed by atoms with Crippen molar-refractivity contribution >= 4 is 22.7 Å². The van der Waals surface area contributed by atoms with Crippen LogP contribution in [0.15, 0.2) is 35.5 Å². The lowest BCUT2D eigenvalue weighted by atomic mass is 10.3. The number of nitrogens with one attached hydrogen (secondary N) is 2. The number of pyridine rings is 1. The highest BCUT2D eigenvalue weighted by Crippen LogP contribution is 2.13. The van der Waals surface area contributed by atoms with Crippen molar-refractivity contribution in [2.75, 3.05) is 5.32 Å². The fourth-order valence-corrected chi connectivity index (χ4v) is 1.61. The molecule has 3 aromatic rings. The summed E-state index contributed by atoms with van der Waals surface area (Å²) in [4.78, 5) is 22.2. The van der Waals surface area contributed by atoms with E-state index in [9.17, 15) is 4.79 Å². The number of H-pyrrole nitrogens is 1. The number of nitrogens with zero attached hydrogens (tertiary/aromatic N) is 4. The molecule has 0 aromatic carbocycles. The number of aromatic nitrogens is 5. The molecule has 7 heteroatoms. The molecule has 2 N–H and O–H groups in total. The van der Waals surface area contributed by atoms with Crippen LogP contribution < -0.4 is 10.9 Å². The molecule has 0 unspecified atom stereocenters.